The Hall–Kier alpha value is -2.76. The minimum Gasteiger partial charge on any atom is -0.356 e. The largest absolute Gasteiger partial charge is 0.356 e. The monoisotopic (exact) mass is 568 g/mol. The summed E-state index contributed by atoms with van der Waals surface area (Å²) in [5.74, 6) is -1.26. The lowest BCUT2D eigenvalue weighted by molar-refractivity contribution is -0.138. The van der Waals surface area contributed by atoms with Crippen LogP contribution in [0.4, 0.5) is 0 Å². The quantitative estimate of drug-likeness (QED) is 0.148. The van der Waals surface area contributed by atoms with E-state index in [0.717, 1.165) is 24.2 Å². The van der Waals surface area contributed by atoms with Crippen molar-refractivity contribution in [2.24, 2.45) is 0 Å². The molecule has 12 heteroatoms. The third-order valence-corrected chi connectivity index (χ3v) is 7.59. The molecule has 5 amide bonds. The van der Waals surface area contributed by atoms with Crippen LogP contribution in [0.25, 0.3) is 0 Å². The third-order valence-electron chi connectivity index (χ3n) is 6.38. The summed E-state index contributed by atoms with van der Waals surface area (Å²) < 4.78 is 0. The molecular weight excluding hydrogens is 524 g/mol. The maximum atomic E-state index is 12.7. The fourth-order valence-corrected chi connectivity index (χ4v) is 5.35. The number of nitrogens with one attached hydrogen (secondary N) is 3. The van der Waals surface area contributed by atoms with Crippen molar-refractivity contribution in [2.45, 2.75) is 109 Å². The number of carbonyl (C=O) groups is 7. The number of carbonyl (C=O) groups excluding carboxylic acids is 7. The third kappa shape index (κ3) is 13.7. The van der Waals surface area contributed by atoms with E-state index in [1.54, 1.807) is 0 Å². The Morgan fingerprint density at radius 3 is 2.21 bits per heavy atom. The molecule has 0 aliphatic carbocycles. The zero-order valence-corrected chi connectivity index (χ0v) is 24.5. The number of rotatable bonds is 20. The van der Waals surface area contributed by atoms with Crippen LogP contribution in [-0.2, 0) is 33.6 Å². The van der Waals surface area contributed by atoms with Crippen molar-refractivity contribution in [3.63, 3.8) is 0 Å². The molecule has 3 N–H and O–H groups in total. The molecule has 1 heterocycles. The first kappa shape index (κ1) is 34.3. The van der Waals surface area contributed by atoms with Crippen LogP contribution in [0, 0.1) is 0 Å². The Morgan fingerprint density at radius 2 is 1.59 bits per heavy atom. The number of amides is 5. The van der Waals surface area contributed by atoms with E-state index in [9.17, 15) is 33.6 Å². The molecule has 0 bridgehead atoms. The Kier molecular flexibility index (Phi) is 16.3. The van der Waals surface area contributed by atoms with E-state index in [4.69, 9.17) is 0 Å². The summed E-state index contributed by atoms with van der Waals surface area (Å²) in [7, 11) is 0. The smallest absolute Gasteiger partial charge is 0.243 e. The number of thioether (sulfide) groups is 1. The number of hydrogen-bond donors (Lipinski definition) is 3. The van der Waals surface area contributed by atoms with Gasteiger partial charge in [-0.25, -0.2) is 0 Å². The van der Waals surface area contributed by atoms with E-state index >= 15 is 0 Å². The second kappa shape index (κ2) is 18.5. The molecule has 1 saturated heterocycles. The topological polar surface area (TPSA) is 159 Å². The van der Waals surface area contributed by atoms with Crippen LogP contribution in [-0.4, -0.2) is 82.2 Å². The highest BCUT2D eigenvalue weighted by molar-refractivity contribution is 8.00. The Balaban J connectivity index is 2.37. The first-order chi connectivity index (χ1) is 18.5. The number of likely N-dealkylation sites (tertiary alicyclic amines) is 1. The van der Waals surface area contributed by atoms with Gasteiger partial charge in [0.15, 0.2) is 5.78 Å². The fraction of sp³-hybridized carbons (Fsp3) is 0.741. The van der Waals surface area contributed by atoms with Gasteiger partial charge < -0.3 is 16.0 Å². The van der Waals surface area contributed by atoms with Gasteiger partial charge in [-0.1, -0.05) is 26.2 Å². The molecular formula is C27H44N4O7S. The van der Waals surface area contributed by atoms with Gasteiger partial charge >= 0.3 is 0 Å². The zero-order valence-electron chi connectivity index (χ0n) is 23.6. The first-order valence-electron chi connectivity index (χ1n) is 13.8. The number of ketones is 2. The number of imide groups is 1. The SMILES string of the molecule is CCCCCC(NC(C)=O)C(=O)NC(CCCCNC(=O)CCN1C(=O)CC(SCCC(C)=O)C1=O)C(C)=O. The summed E-state index contributed by atoms with van der Waals surface area (Å²) in [5.41, 5.74) is 0. The molecule has 3 atom stereocenters. The van der Waals surface area contributed by atoms with Crippen molar-refractivity contribution in [1.82, 2.24) is 20.9 Å². The maximum absolute atomic E-state index is 12.7. The van der Waals surface area contributed by atoms with E-state index in [2.05, 4.69) is 16.0 Å². The molecule has 1 rings (SSSR count). The van der Waals surface area contributed by atoms with Gasteiger partial charge in [-0.15, -0.1) is 11.8 Å². The van der Waals surface area contributed by atoms with Crippen molar-refractivity contribution in [1.29, 1.82) is 0 Å². The van der Waals surface area contributed by atoms with Crippen molar-refractivity contribution in [2.75, 3.05) is 18.8 Å². The van der Waals surface area contributed by atoms with Crippen LogP contribution in [0.15, 0.2) is 0 Å². The summed E-state index contributed by atoms with van der Waals surface area (Å²) in [6.45, 7) is 6.66. The van der Waals surface area contributed by atoms with Gasteiger partial charge in [0.2, 0.25) is 29.5 Å². The van der Waals surface area contributed by atoms with E-state index in [1.165, 1.54) is 32.5 Å². The van der Waals surface area contributed by atoms with Gasteiger partial charge in [0.25, 0.3) is 0 Å². The van der Waals surface area contributed by atoms with Crippen molar-refractivity contribution in [3.05, 3.63) is 0 Å². The highest BCUT2D eigenvalue weighted by Crippen LogP contribution is 2.25. The van der Waals surface area contributed by atoms with Crippen LogP contribution in [0.2, 0.25) is 0 Å². The number of nitrogens with zero attached hydrogens (tertiary/aromatic N) is 1. The lowest BCUT2D eigenvalue weighted by atomic mass is 10.0. The average molecular weight is 569 g/mol. The van der Waals surface area contributed by atoms with E-state index in [0.29, 0.717) is 44.4 Å². The molecule has 3 unspecified atom stereocenters. The van der Waals surface area contributed by atoms with Crippen molar-refractivity contribution in [3.8, 4) is 0 Å². The summed E-state index contributed by atoms with van der Waals surface area (Å²) in [6.07, 6.45) is 5.21. The molecule has 220 valence electrons. The van der Waals surface area contributed by atoms with Crippen LogP contribution in [0.1, 0.15) is 91.9 Å². The molecule has 0 spiro atoms. The highest BCUT2D eigenvalue weighted by atomic mass is 32.2. The van der Waals surface area contributed by atoms with Crippen LogP contribution in [0.5, 0.6) is 0 Å². The first-order valence-corrected chi connectivity index (χ1v) is 14.8. The molecule has 39 heavy (non-hydrogen) atoms. The van der Waals surface area contributed by atoms with Crippen molar-refractivity contribution >= 4 is 52.9 Å². The standard InChI is InChI=1S/C27H44N4O7S/c1-5-6-7-11-22(29-20(4)34)26(37)30-21(19(3)33)10-8-9-14-28-24(35)12-15-31-25(36)17-23(27(31)38)39-16-13-18(2)32/h21-23H,5-17H2,1-4H3,(H,28,35)(H,29,34)(H,30,37). The summed E-state index contributed by atoms with van der Waals surface area (Å²) in [4.78, 5) is 85.3. The second-order valence-electron chi connectivity index (χ2n) is 9.92. The van der Waals surface area contributed by atoms with Gasteiger partial charge in [0.05, 0.1) is 11.3 Å². The Labute approximate surface area is 235 Å². The normalized spacial score (nSPS) is 16.5. The number of hydrogen-bond acceptors (Lipinski definition) is 8. The predicted molar refractivity (Wildman–Crippen MR) is 149 cm³/mol. The van der Waals surface area contributed by atoms with Gasteiger partial charge in [-0.05, 0) is 39.5 Å². The zero-order chi connectivity index (χ0) is 29.4. The molecule has 1 aliphatic heterocycles. The Bertz CT molecular complexity index is 895. The second-order valence-corrected chi connectivity index (χ2v) is 11.2. The van der Waals surface area contributed by atoms with Gasteiger partial charge in [0.1, 0.15) is 11.8 Å². The van der Waals surface area contributed by atoms with Gasteiger partial charge in [-0.2, -0.15) is 0 Å². The predicted octanol–water partition coefficient (Wildman–Crippen LogP) is 1.66. The number of Topliss-reactive ketones (excluding diaryl/α,β-unsaturated/α-hetero) is 2. The summed E-state index contributed by atoms with van der Waals surface area (Å²) >= 11 is 1.30. The van der Waals surface area contributed by atoms with E-state index in [-0.39, 0.29) is 60.5 Å². The van der Waals surface area contributed by atoms with Crippen LogP contribution >= 0.6 is 11.8 Å². The molecule has 0 saturated carbocycles. The molecule has 11 nitrogen and oxygen atoms in total. The molecule has 1 fully saturated rings. The molecule has 0 radical (unpaired) electrons. The molecule has 0 aromatic carbocycles. The van der Waals surface area contributed by atoms with Crippen molar-refractivity contribution < 1.29 is 33.6 Å². The minimum atomic E-state index is -0.682. The maximum Gasteiger partial charge on any atom is 0.243 e. The number of unbranched alkanes of at least 4 members (excludes halogenated alkanes) is 3. The molecule has 0 aromatic heterocycles. The molecule has 0 aromatic rings. The lowest BCUT2D eigenvalue weighted by Gasteiger charge is -2.22. The van der Waals surface area contributed by atoms with E-state index < -0.39 is 17.3 Å². The van der Waals surface area contributed by atoms with E-state index in [1.807, 2.05) is 6.92 Å². The summed E-state index contributed by atoms with van der Waals surface area (Å²) in [6, 6.07) is -1.36. The van der Waals surface area contributed by atoms with Gasteiger partial charge in [-0.3, -0.25) is 38.5 Å². The Morgan fingerprint density at radius 1 is 0.923 bits per heavy atom. The highest BCUT2D eigenvalue weighted by Gasteiger charge is 2.38. The van der Waals surface area contributed by atoms with Crippen LogP contribution < -0.4 is 16.0 Å². The molecule has 1 aliphatic rings. The van der Waals surface area contributed by atoms with Gasteiger partial charge in [0, 0.05) is 45.0 Å². The summed E-state index contributed by atoms with van der Waals surface area (Å²) in [5, 5.41) is 7.66. The minimum absolute atomic E-state index is 0.00297. The average Bonchev–Trinajstić information content (AvgIpc) is 3.12. The fourth-order valence-electron chi connectivity index (χ4n) is 4.13. The lowest BCUT2D eigenvalue weighted by Crippen LogP contribution is -2.50. The van der Waals surface area contributed by atoms with Crippen LogP contribution in [0.3, 0.4) is 0 Å².